The van der Waals surface area contributed by atoms with Gasteiger partial charge in [0.05, 0.1) is 30.6 Å². The fourth-order valence-corrected chi connectivity index (χ4v) is 4.07. The maximum atomic E-state index is 13.9. The molecule has 1 aromatic heterocycles. The minimum Gasteiger partial charge on any atom is -0.460 e. The van der Waals surface area contributed by atoms with E-state index >= 15 is 0 Å². The van der Waals surface area contributed by atoms with Crippen LogP contribution in [0, 0.1) is 11.6 Å². The van der Waals surface area contributed by atoms with Gasteiger partial charge >= 0.3 is 5.97 Å². The highest BCUT2D eigenvalue weighted by Gasteiger charge is 2.32. The third-order valence-corrected chi connectivity index (χ3v) is 5.91. The van der Waals surface area contributed by atoms with Crippen molar-refractivity contribution in [3.63, 3.8) is 0 Å². The fraction of sp³-hybridized carbons (Fsp3) is 0.154. The first-order valence-electron chi connectivity index (χ1n) is 11.0. The number of halogens is 2. The molecule has 2 heterocycles. The number of aromatic nitrogens is 3. The summed E-state index contributed by atoms with van der Waals surface area (Å²) in [4.78, 5) is 27.9. The number of rotatable bonds is 7. The van der Waals surface area contributed by atoms with Crippen molar-refractivity contribution in [3.8, 4) is 22.4 Å². The summed E-state index contributed by atoms with van der Waals surface area (Å²) >= 11 is 0. The van der Waals surface area contributed by atoms with Crippen molar-refractivity contribution in [1.82, 2.24) is 15.4 Å². The third kappa shape index (κ3) is 4.34. The third-order valence-electron chi connectivity index (χ3n) is 5.91. The van der Waals surface area contributed by atoms with Gasteiger partial charge in [-0.25, -0.2) is 13.6 Å². The van der Waals surface area contributed by atoms with Gasteiger partial charge < -0.3 is 14.4 Å². The smallest absolute Gasteiger partial charge is 0.340 e. The molecule has 4 aromatic rings. The van der Waals surface area contributed by atoms with E-state index in [9.17, 15) is 18.4 Å². The number of nitrogens with zero attached hydrogens (tertiary/aromatic N) is 3. The topological polar surface area (TPSA) is 97.4 Å². The molecule has 10 heteroatoms. The number of fused-ring (bicyclic) bond motifs is 1. The number of amides is 1. The largest absolute Gasteiger partial charge is 0.460 e. The summed E-state index contributed by atoms with van der Waals surface area (Å²) < 4.78 is 37.6. The van der Waals surface area contributed by atoms with Crippen LogP contribution in [0.5, 0.6) is 0 Å². The average molecular weight is 490 g/mol. The second kappa shape index (κ2) is 9.67. The summed E-state index contributed by atoms with van der Waals surface area (Å²) in [6, 6.07) is 13.6. The quantitative estimate of drug-likeness (QED) is 0.305. The maximum Gasteiger partial charge on any atom is 0.340 e. The highest BCUT2D eigenvalue weighted by molar-refractivity contribution is 6.13. The molecule has 8 nitrogen and oxygen atoms in total. The van der Waals surface area contributed by atoms with Crippen molar-refractivity contribution >= 4 is 17.6 Å². The van der Waals surface area contributed by atoms with Crippen molar-refractivity contribution in [3.05, 3.63) is 89.1 Å². The van der Waals surface area contributed by atoms with E-state index in [1.54, 1.807) is 24.4 Å². The van der Waals surface area contributed by atoms with Crippen LogP contribution in [0.25, 0.3) is 22.4 Å². The van der Waals surface area contributed by atoms with E-state index in [2.05, 4.69) is 15.4 Å². The van der Waals surface area contributed by atoms with E-state index in [1.165, 1.54) is 24.1 Å². The second-order valence-electron chi connectivity index (χ2n) is 8.11. The molecule has 0 saturated carbocycles. The minimum atomic E-state index is -0.998. The molecule has 36 heavy (non-hydrogen) atoms. The number of aromatic amines is 1. The first kappa shape index (κ1) is 23.3. The number of ether oxygens (including phenoxy) is 2. The van der Waals surface area contributed by atoms with Gasteiger partial charge in [-0.1, -0.05) is 24.3 Å². The Labute approximate surface area is 204 Å². The van der Waals surface area contributed by atoms with Crippen molar-refractivity contribution in [1.29, 1.82) is 0 Å². The Morgan fingerprint density at radius 2 is 1.78 bits per heavy atom. The van der Waals surface area contributed by atoms with Crippen LogP contribution in [0.15, 0.2) is 60.8 Å². The molecule has 0 fully saturated rings. The molecule has 0 radical (unpaired) electrons. The molecular weight excluding hydrogens is 470 g/mol. The lowest BCUT2D eigenvalue weighted by Crippen LogP contribution is -2.26. The monoisotopic (exact) mass is 490 g/mol. The van der Waals surface area contributed by atoms with Crippen LogP contribution in [0.1, 0.15) is 26.3 Å². The first-order valence-corrected chi connectivity index (χ1v) is 11.0. The Kier molecular flexibility index (Phi) is 6.26. The highest BCUT2D eigenvalue weighted by Crippen LogP contribution is 2.36. The predicted molar refractivity (Wildman–Crippen MR) is 126 cm³/mol. The summed E-state index contributed by atoms with van der Waals surface area (Å²) in [5.41, 5.74) is 3.89. The number of anilines is 1. The number of hydrogen-bond donors (Lipinski definition) is 1. The molecule has 0 saturated heterocycles. The zero-order chi connectivity index (χ0) is 25.2. The number of H-pyrrole nitrogens is 1. The molecule has 1 N–H and O–H groups in total. The summed E-state index contributed by atoms with van der Waals surface area (Å²) in [5, 5.41) is 10.4. The molecule has 0 atom stereocenters. The van der Waals surface area contributed by atoms with Crippen LogP contribution in [-0.2, 0) is 16.0 Å². The van der Waals surface area contributed by atoms with E-state index in [0.29, 0.717) is 33.6 Å². The van der Waals surface area contributed by atoms with Crippen LogP contribution in [0.4, 0.5) is 14.5 Å². The molecule has 0 spiro atoms. The number of nitrogens with one attached hydrogen (secondary N) is 1. The Morgan fingerprint density at radius 3 is 2.53 bits per heavy atom. The van der Waals surface area contributed by atoms with Crippen molar-refractivity contribution in [2.24, 2.45) is 0 Å². The molecule has 1 aliphatic heterocycles. The Bertz CT molecular complexity index is 1460. The summed E-state index contributed by atoms with van der Waals surface area (Å²) in [6.07, 6.45) is 1.55. The Hall–Kier alpha value is -4.44. The van der Waals surface area contributed by atoms with Crippen molar-refractivity contribution in [2.75, 3.05) is 25.2 Å². The summed E-state index contributed by atoms with van der Waals surface area (Å²) in [7, 11) is 1.49. The normalized spacial score (nSPS) is 12.6. The van der Waals surface area contributed by atoms with Crippen LogP contribution in [0.2, 0.25) is 0 Å². The summed E-state index contributed by atoms with van der Waals surface area (Å²) in [6.45, 7) is 0.467. The fourth-order valence-electron chi connectivity index (χ4n) is 4.07. The van der Waals surface area contributed by atoms with E-state index in [4.69, 9.17) is 9.47 Å². The van der Waals surface area contributed by atoms with E-state index < -0.39 is 17.6 Å². The molecule has 182 valence electrons. The van der Waals surface area contributed by atoms with Gasteiger partial charge in [-0.15, -0.1) is 0 Å². The average Bonchev–Trinajstić information content (AvgIpc) is 3.54. The van der Waals surface area contributed by atoms with Crippen LogP contribution in [-0.4, -0.2) is 47.6 Å². The zero-order valence-electron chi connectivity index (χ0n) is 19.1. The van der Waals surface area contributed by atoms with Crippen LogP contribution in [0.3, 0.4) is 0 Å². The van der Waals surface area contributed by atoms with E-state index in [-0.39, 0.29) is 31.2 Å². The van der Waals surface area contributed by atoms with Gasteiger partial charge in [0.2, 0.25) is 0 Å². The lowest BCUT2D eigenvalue weighted by atomic mass is 10.0. The van der Waals surface area contributed by atoms with Crippen molar-refractivity contribution in [2.45, 2.75) is 6.54 Å². The van der Waals surface area contributed by atoms with Gasteiger partial charge in [0, 0.05) is 18.2 Å². The molecule has 0 unspecified atom stereocenters. The lowest BCUT2D eigenvalue weighted by molar-refractivity contribution is 0.0389. The number of carbonyl (C=O) groups excluding carboxylic acids is 2. The second-order valence-corrected chi connectivity index (χ2v) is 8.11. The lowest BCUT2D eigenvalue weighted by Gasteiger charge is -2.20. The minimum absolute atomic E-state index is 0.0366. The molecule has 1 amide bonds. The van der Waals surface area contributed by atoms with Crippen LogP contribution >= 0.6 is 0 Å². The number of benzene rings is 3. The number of carbonyl (C=O) groups is 2. The SMILES string of the molecule is COCCOC(=O)c1ccc(-c2ccc(F)c(F)c2)cc1N1Cc2ccc(-c3cn[nH]n3)cc2C1=O. The Balaban J connectivity index is 1.55. The van der Waals surface area contributed by atoms with Gasteiger partial charge in [-0.2, -0.15) is 15.4 Å². The van der Waals surface area contributed by atoms with Gasteiger partial charge in [0.1, 0.15) is 12.3 Å². The Morgan fingerprint density at radius 1 is 1.00 bits per heavy atom. The van der Waals surface area contributed by atoms with Gasteiger partial charge in [0.25, 0.3) is 5.91 Å². The maximum absolute atomic E-state index is 13.9. The standard InChI is InChI=1S/C26H20F2N4O4/c1-35-8-9-36-26(34)19-6-4-16(15-5-7-21(27)22(28)11-15)12-24(19)32-14-18-3-2-17(10-20(18)25(32)33)23-13-29-31-30-23/h2-7,10-13H,8-9,14H2,1H3,(H,29,30,31). The first-order chi connectivity index (χ1) is 17.5. The number of esters is 1. The molecule has 1 aliphatic rings. The zero-order valence-corrected chi connectivity index (χ0v) is 19.1. The number of hydrogen-bond acceptors (Lipinski definition) is 6. The van der Waals surface area contributed by atoms with Crippen molar-refractivity contribution < 1.29 is 27.8 Å². The van der Waals surface area contributed by atoms with E-state index in [1.807, 2.05) is 12.1 Å². The van der Waals surface area contributed by atoms with Gasteiger partial charge in [0.15, 0.2) is 11.6 Å². The molecular formula is C26H20F2N4O4. The molecule has 3 aromatic carbocycles. The highest BCUT2D eigenvalue weighted by atomic mass is 19.2. The molecule has 0 bridgehead atoms. The van der Waals surface area contributed by atoms with Crippen LogP contribution < -0.4 is 4.90 Å². The number of methoxy groups -OCH3 is 1. The molecule has 0 aliphatic carbocycles. The van der Waals surface area contributed by atoms with Gasteiger partial charge in [-0.3, -0.25) is 4.79 Å². The summed E-state index contributed by atoms with van der Waals surface area (Å²) in [5.74, 6) is -2.91. The predicted octanol–water partition coefficient (Wildman–Crippen LogP) is 4.38. The van der Waals surface area contributed by atoms with Gasteiger partial charge in [-0.05, 0) is 47.0 Å². The molecule has 5 rings (SSSR count). The van der Waals surface area contributed by atoms with E-state index in [0.717, 1.165) is 17.7 Å².